The van der Waals surface area contributed by atoms with Crippen LogP contribution in [0.25, 0.3) is 144 Å². The number of nitrogens with zero attached hydrogens (tertiary/aromatic N) is 5. The minimum absolute atomic E-state index is 0.536. The summed E-state index contributed by atoms with van der Waals surface area (Å²) in [6.07, 6.45) is 0. The second-order valence-corrected chi connectivity index (χ2v) is 17.9. The highest BCUT2D eigenvalue weighted by molar-refractivity contribution is 6.17. The van der Waals surface area contributed by atoms with E-state index in [9.17, 15) is 0 Å². The summed E-state index contributed by atoms with van der Waals surface area (Å²) in [5.74, 6) is 1.70. The van der Waals surface area contributed by atoms with Gasteiger partial charge in [-0.3, -0.25) is 4.57 Å². The molecule has 0 atom stereocenters. The first-order chi connectivity index (χ1) is 34.7. The van der Waals surface area contributed by atoms with Crippen molar-refractivity contribution in [2.75, 3.05) is 0 Å². The summed E-state index contributed by atoms with van der Waals surface area (Å²) < 4.78 is 17.4. The Balaban J connectivity index is 0.889. The van der Waals surface area contributed by atoms with Gasteiger partial charge in [-0.2, -0.15) is 9.97 Å². The molecule has 7 heteroatoms. The van der Waals surface area contributed by atoms with Crippen LogP contribution in [0.5, 0.6) is 0 Å². The number of hydrogen-bond donors (Lipinski definition) is 0. The molecule has 0 spiro atoms. The van der Waals surface area contributed by atoms with Gasteiger partial charge >= 0.3 is 0 Å². The molecular formula is C63H37N5O2. The van der Waals surface area contributed by atoms with E-state index in [4.69, 9.17) is 23.8 Å². The fourth-order valence-electron chi connectivity index (χ4n) is 10.9. The summed E-state index contributed by atoms with van der Waals surface area (Å²) in [5, 5.41) is 8.80. The standard InChI is InChI=1S/C63H37N5O2/c1-3-15-38(16-4-1)61-64-62(47-23-14-28-58-60(47)46-21-9-12-26-55(46)69-58)66-63(65-61)68-52-25-11-8-20-45(52)48-35-39(29-32-54(48)68)40-31-34-56-50(36-40)59-43(22-13-27-57(59)70-56)41-30-33-53-49(37-41)44-19-7-10-24-51(44)67(53)42-17-5-2-6-18-42/h1-37H. The van der Waals surface area contributed by atoms with Gasteiger partial charge in [-0.05, 0) is 101 Å². The van der Waals surface area contributed by atoms with Crippen LogP contribution in [0.4, 0.5) is 0 Å². The molecule has 0 aliphatic rings. The van der Waals surface area contributed by atoms with Gasteiger partial charge in [0.2, 0.25) is 5.95 Å². The summed E-state index contributed by atoms with van der Waals surface area (Å²) in [7, 11) is 0. The molecule has 10 aromatic carbocycles. The largest absolute Gasteiger partial charge is 0.456 e. The lowest BCUT2D eigenvalue weighted by molar-refractivity contribution is 0.668. The molecule has 0 saturated carbocycles. The highest BCUT2D eigenvalue weighted by Crippen LogP contribution is 2.43. The van der Waals surface area contributed by atoms with E-state index in [0.717, 1.165) is 105 Å². The van der Waals surface area contributed by atoms with Crippen molar-refractivity contribution in [1.82, 2.24) is 24.1 Å². The first-order valence-corrected chi connectivity index (χ1v) is 23.5. The van der Waals surface area contributed by atoms with Crippen LogP contribution in [-0.4, -0.2) is 24.1 Å². The van der Waals surface area contributed by atoms with E-state index in [1.54, 1.807) is 0 Å². The van der Waals surface area contributed by atoms with Crippen molar-refractivity contribution in [3.8, 4) is 56.7 Å². The van der Waals surface area contributed by atoms with E-state index in [-0.39, 0.29) is 0 Å². The number of para-hydroxylation sites is 4. The third-order valence-electron chi connectivity index (χ3n) is 14.0. The van der Waals surface area contributed by atoms with Crippen LogP contribution in [0.15, 0.2) is 233 Å². The monoisotopic (exact) mass is 895 g/mol. The molecule has 0 unspecified atom stereocenters. The highest BCUT2D eigenvalue weighted by atomic mass is 16.3. The second-order valence-electron chi connectivity index (χ2n) is 17.9. The van der Waals surface area contributed by atoms with Crippen molar-refractivity contribution in [3.05, 3.63) is 224 Å². The van der Waals surface area contributed by atoms with Gasteiger partial charge in [-0.25, -0.2) is 4.98 Å². The number of aromatic nitrogens is 5. The second kappa shape index (κ2) is 15.0. The third-order valence-corrected chi connectivity index (χ3v) is 14.0. The van der Waals surface area contributed by atoms with E-state index >= 15 is 0 Å². The molecule has 7 nitrogen and oxygen atoms in total. The first-order valence-electron chi connectivity index (χ1n) is 23.5. The van der Waals surface area contributed by atoms with Gasteiger partial charge in [0.25, 0.3) is 0 Å². The predicted molar refractivity (Wildman–Crippen MR) is 285 cm³/mol. The topological polar surface area (TPSA) is 74.8 Å². The summed E-state index contributed by atoms with van der Waals surface area (Å²) in [6.45, 7) is 0. The molecule has 70 heavy (non-hydrogen) atoms. The van der Waals surface area contributed by atoms with Crippen LogP contribution in [0.1, 0.15) is 0 Å². The van der Waals surface area contributed by atoms with Crippen molar-refractivity contribution in [3.63, 3.8) is 0 Å². The van der Waals surface area contributed by atoms with Crippen LogP contribution in [0.3, 0.4) is 0 Å². The van der Waals surface area contributed by atoms with Crippen LogP contribution in [-0.2, 0) is 0 Å². The maximum atomic E-state index is 6.60. The molecule has 326 valence electrons. The molecular weight excluding hydrogens is 859 g/mol. The van der Waals surface area contributed by atoms with Gasteiger partial charge in [0.15, 0.2) is 11.6 Å². The summed E-state index contributed by atoms with van der Waals surface area (Å²) in [5.41, 5.74) is 15.1. The summed E-state index contributed by atoms with van der Waals surface area (Å²) in [6, 6.07) is 78.6. The number of fused-ring (bicyclic) bond motifs is 12. The maximum absolute atomic E-state index is 6.60. The third kappa shape index (κ3) is 5.79. The van der Waals surface area contributed by atoms with Gasteiger partial charge in [0.1, 0.15) is 22.3 Å². The Hall–Kier alpha value is -9.59. The maximum Gasteiger partial charge on any atom is 0.238 e. The Bertz CT molecular complexity index is 4600. The Kier molecular flexibility index (Phi) is 8.23. The molecule has 0 saturated heterocycles. The fourth-order valence-corrected chi connectivity index (χ4v) is 10.9. The minimum Gasteiger partial charge on any atom is -0.456 e. The van der Waals surface area contributed by atoms with Crippen molar-refractivity contribution < 1.29 is 8.83 Å². The zero-order chi connectivity index (χ0) is 45.9. The van der Waals surface area contributed by atoms with Gasteiger partial charge in [-0.15, -0.1) is 0 Å². The molecule has 0 radical (unpaired) electrons. The molecule has 0 aliphatic heterocycles. The fraction of sp³-hybridized carbons (Fsp3) is 0. The molecule has 0 N–H and O–H groups in total. The molecule has 5 aromatic heterocycles. The average Bonchev–Trinajstić information content (AvgIpc) is 4.18. The molecule has 15 rings (SSSR count). The average molecular weight is 896 g/mol. The van der Waals surface area contributed by atoms with E-state index < -0.39 is 0 Å². The van der Waals surface area contributed by atoms with Gasteiger partial charge in [0.05, 0.1) is 22.1 Å². The lowest BCUT2D eigenvalue weighted by Gasteiger charge is -2.11. The normalized spacial score (nSPS) is 12.0. The molecule has 0 amide bonds. The number of benzene rings is 10. The zero-order valence-corrected chi connectivity index (χ0v) is 37.4. The quantitative estimate of drug-likeness (QED) is 0.166. The molecule has 0 bridgehead atoms. The van der Waals surface area contributed by atoms with E-state index in [2.05, 4.69) is 173 Å². The van der Waals surface area contributed by atoms with Crippen LogP contribution >= 0.6 is 0 Å². The lowest BCUT2D eigenvalue weighted by atomic mass is 9.96. The van der Waals surface area contributed by atoms with Gasteiger partial charge < -0.3 is 13.4 Å². The van der Waals surface area contributed by atoms with Crippen LogP contribution < -0.4 is 0 Å². The Morgan fingerprint density at radius 2 is 0.786 bits per heavy atom. The molecule has 0 fully saturated rings. The van der Waals surface area contributed by atoms with E-state index in [1.807, 2.05) is 60.7 Å². The highest BCUT2D eigenvalue weighted by Gasteiger charge is 2.22. The number of furan rings is 2. The van der Waals surface area contributed by atoms with Gasteiger partial charge in [-0.1, -0.05) is 146 Å². The Morgan fingerprint density at radius 3 is 1.53 bits per heavy atom. The van der Waals surface area contributed by atoms with Crippen molar-refractivity contribution >= 4 is 87.5 Å². The van der Waals surface area contributed by atoms with Crippen molar-refractivity contribution in [2.45, 2.75) is 0 Å². The smallest absolute Gasteiger partial charge is 0.238 e. The summed E-state index contributed by atoms with van der Waals surface area (Å²) in [4.78, 5) is 15.7. The summed E-state index contributed by atoms with van der Waals surface area (Å²) >= 11 is 0. The molecule has 15 aromatic rings. The molecule has 5 heterocycles. The lowest BCUT2D eigenvalue weighted by Crippen LogP contribution is -2.06. The van der Waals surface area contributed by atoms with Crippen molar-refractivity contribution in [1.29, 1.82) is 0 Å². The van der Waals surface area contributed by atoms with Crippen molar-refractivity contribution in [2.24, 2.45) is 0 Å². The van der Waals surface area contributed by atoms with E-state index in [0.29, 0.717) is 17.6 Å². The number of rotatable bonds is 6. The Morgan fingerprint density at radius 1 is 0.286 bits per heavy atom. The molecule has 0 aliphatic carbocycles. The minimum atomic E-state index is 0.536. The van der Waals surface area contributed by atoms with Crippen LogP contribution in [0.2, 0.25) is 0 Å². The Labute approximate surface area is 399 Å². The van der Waals surface area contributed by atoms with Crippen LogP contribution in [0, 0.1) is 0 Å². The van der Waals surface area contributed by atoms with Gasteiger partial charge in [0, 0.05) is 59.9 Å². The van der Waals surface area contributed by atoms with E-state index in [1.165, 1.54) is 21.8 Å². The SMILES string of the molecule is c1ccc(-c2nc(-c3cccc4oc5ccccc5c34)nc(-n3c4ccccc4c4cc(-c5ccc6oc7cccc(-c8ccc9c(c8)c8ccccc8n9-c8ccccc8)c7c6c5)ccc43)n2)cc1. The zero-order valence-electron chi connectivity index (χ0n) is 37.4. The number of hydrogen-bond acceptors (Lipinski definition) is 5. The predicted octanol–water partition coefficient (Wildman–Crippen LogP) is 16.5. The first kappa shape index (κ1) is 38.5.